The van der Waals surface area contributed by atoms with Gasteiger partial charge in [-0.15, -0.1) is 0 Å². The average molecular weight is 515 g/mol. The summed E-state index contributed by atoms with van der Waals surface area (Å²) in [5.41, 5.74) is 1.40. The van der Waals surface area contributed by atoms with Crippen LogP contribution in [0.3, 0.4) is 0 Å². The van der Waals surface area contributed by atoms with Gasteiger partial charge in [-0.3, -0.25) is 4.79 Å². The van der Waals surface area contributed by atoms with Crippen LogP contribution in [0.5, 0.6) is 11.6 Å². The monoisotopic (exact) mass is 515 g/mol. The van der Waals surface area contributed by atoms with Crippen molar-refractivity contribution in [2.24, 2.45) is 0 Å². The second-order valence-electron chi connectivity index (χ2n) is 8.68. The molecular formula is C24H24F3N7O3. The molecular weight excluding hydrogens is 491 g/mol. The predicted molar refractivity (Wildman–Crippen MR) is 128 cm³/mol. The molecule has 37 heavy (non-hydrogen) atoms. The van der Waals surface area contributed by atoms with Crippen molar-refractivity contribution in [3.63, 3.8) is 0 Å². The number of amides is 1. The summed E-state index contributed by atoms with van der Waals surface area (Å²) in [6.07, 6.45) is -0.356. The number of methoxy groups -OCH3 is 1. The SMILES string of the molecule is COC[C@H]1C(=O)N2CCCc3nc(NCc4ccc(Oc5ccc(C(F)(F)F)nc5)nc4)nc(c32)N1C. The predicted octanol–water partition coefficient (Wildman–Crippen LogP) is 3.43. The lowest BCUT2D eigenvalue weighted by Crippen LogP contribution is -2.56. The number of rotatable bonds is 7. The fourth-order valence-electron chi connectivity index (χ4n) is 4.32. The van der Waals surface area contributed by atoms with Gasteiger partial charge in [0.2, 0.25) is 11.8 Å². The highest BCUT2D eigenvalue weighted by Gasteiger charge is 2.41. The van der Waals surface area contributed by atoms with Crippen molar-refractivity contribution in [3.8, 4) is 11.6 Å². The number of nitrogens with zero attached hydrogens (tertiary/aromatic N) is 6. The first-order valence-corrected chi connectivity index (χ1v) is 11.6. The first-order chi connectivity index (χ1) is 17.7. The summed E-state index contributed by atoms with van der Waals surface area (Å²) >= 11 is 0. The van der Waals surface area contributed by atoms with Gasteiger partial charge in [-0.05, 0) is 30.5 Å². The largest absolute Gasteiger partial charge is 0.437 e. The van der Waals surface area contributed by atoms with Gasteiger partial charge in [0.05, 0.1) is 18.5 Å². The Kier molecular flexibility index (Phi) is 6.54. The second kappa shape index (κ2) is 9.81. The van der Waals surface area contributed by atoms with E-state index in [0.29, 0.717) is 24.9 Å². The van der Waals surface area contributed by atoms with Crippen LogP contribution in [0.15, 0.2) is 36.7 Å². The lowest BCUT2D eigenvalue weighted by molar-refractivity contribution is -0.141. The van der Waals surface area contributed by atoms with Crippen LogP contribution in [-0.2, 0) is 28.7 Å². The van der Waals surface area contributed by atoms with E-state index < -0.39 is 17.9 Å². The van der Waals surface area contributed by atoms with E-state index in [2.05, 4.69) is 25.3 Å². The van der Waals surface area contributed by atoms with Gasteiger partial charge >= 0.3 is 6.18 Å². The minimum Gasteiger partial charge on any atom is -0.437 e. The molecule has 2 aliphatic rings. The molecule has 5 rings (SSSR count). The van der Waals surface area contributed by atoms with Crippen molar-refractivity contribution in [1.82, 2.24) is 19.9 Å². The van der Waals surface area contributed by atoms with Crippen molar-refractivity contribution in [2.45, 2.75) is 31.6 Å². The molecule has 0 spiro atoms. The zero-order valence-corrected chi connectivity index (χ0v) is 20.1. The van der Waals surface area contributed by atoms with Crippen LogP contribution in [0.4, 0.5) is 30.6 Å². The Morgan fingerprint density at radius 3 is 2.65 bits per heavy atom. The Hall–Kier alpha value is -4.00. The van der Waals surface area contributed by atoms with Crippen LogP contribution < -0.4 is 19.9 Å². The van der Waals surface area contributed by atoms with Crippen LogP contribution in [0, 0.1) is 0 Å². The number of carbonyl (C=O) groups is 1. The molecule has 3 aromatic rings. The normalized spacial score (nSPS) is 17.0. The van der Waals surface area contributed by atoms with Gasteiger partial charge in [0.1, 0.15) is 23.2 Å². The molecule has 13 heteroatoms. The molecule has 1 N–H and O–H groups in total. The lowest BCUT2D eigenvalue weighted by Gasteiger charge is -2.42. The molecule has 0 bridgehead atoms. The molecule has 0 radical (unpaired) electrons. The summed E-state index contributed by atoms with van der Waals surface area (Å²) in [5.74, 6) is 1.47. The number of halogens is 3. The molecule has 194 valence electrons. The number of alkyl halides is 3. The fourth-order valence-corrected chi connectivity index (χ4v) is 4.32. The molecule has 5 heterocycles. The van der Waals surface area contributed by atoms with Gasteiger partial charge in [-0.1, -0.05) is 6.07 Å². The lowest BCUT2D eigenvalue weighted by atomic mass is 10.0. The first kappa shape index (κ1) is 24.7. The number of hydrogen-bond donors (Lipinski definition) is 1. The van der Waals surface area contributed by atoms with Gasteiger partial charge in [0, 0.05) is 39.5 Å². The van der Waals surface area contributed by atoms with E-state index >= 15 is 0 Å². The second-order valence-corrected chi connectivity index (χ2v) is 8.68. The van der Waals surface area contributed by atoms with Crippen molar-refractivity contribution in [2.75, 3.05) is 42.4 Å². The quantitative estimate of drug-likeness (QED) is 0.507. The number of likely N-dealkylation sites (N-methyl/N-ethyl adjacent to an activating group) is 1. The number of aromatic nitrogens is 4. The summed E-state index contributed by atoms with van der Waals surface area (Å²) in [6.45, 7) is 1.27. The molecule has 0 saturated heterocycles. The van der Waals surface area contributed by atoms with Crippen LogP contribution in [0.2, 0.25) is 0 Å². The number of pyridine rings is 2. The van der Waals surface area contributed by atoms with Crippen LogP contribution in [-0.4, -0.2) is 59.2 Å². The molecule has 0 aliphatic carbocycles. The molecule has 1 amide bonds. The number of anilines is 3. The highest BCUT2D eigenvalue weighted by Crippen LogP contribution is 2.40. The molecule has 2 aliphatic heterocycles. The van der Waals surface area contributed by atoms with Crippen molar-refractivity contribution < 1.29 is 27.4 Å². The number of ether oxygens (including phenoxy) is 2. The maximum atomic E-state index is 13.0. The Labute approximate surface area is 210 Å². The minimum atomic E-state index is -4.51. The van der Waals surface area contributed by atoms with Gasteiger partial charge < -0.3 is 24.6 Å². The zero-order chi connectivity index (χ0) is 26.2. The smallest absolute Gasteiger partial charge is 0.433 e. The van der Waals surface area contributed by atoms with E-state index in [4.69, 9.17) is 9.47 Å². The summed E-state index contributed by atoms with van der Waals surface area (Å²) in [4.78, 5) is 33.5. The maximum absolute atomic E-state index is 13.0. The molecule has 10 nitrogen and oxygen atoms in total. The van der Waals surface area contributed by atoms with Crippen LogP contribution in [0.25, 0.3) is 0 Å². The third kappa shape index (κ3) is 4.99. The Morgan fingerprint density at radius 1 is 1.14 bits per heavy atom. The molecule has 1 atom stereocenters. The van der Waals surface area contributed by atoms with E-state index in [0.717, 1.165) is 42.0 Å². The number of aryl methyl sites for hydroxylation is 1. The molecule has 0 aromatic carbocycles. The van der Waals surface area contributed by atoms with E-state index in [9.17, 15) is 18.0 Å². The van der Waals surface area contributed by atoms with E-state index in [1.165, 1.54) is 6.07 Å². The van der Waals surface area contributed by atoms with E-state index in [-0.39, 0.29) is 24.1 Å². The first-order valence-electron chi connectivity index (χ1n) is 11.6. The Morgan fingerprint density at radius 2 is 1.97 bits per heavy atom. The van der Waals surface area contributed by atoms with Gasteiger partial charge in [-0.2, -0.15) is 18.2 Å². The third-order valence-corrected chi connectivity index (χ3v) is 6.18. The van der Waals surface area contributed by atoms with E-state index in [1.807, 2.05) is 11.9 Å². The summed E-state index contributed by atoms with van der Waals surface area (Å²) in [5, 5.41) is 3.21. The van der Waals surface area contributed by atoms with E-state index in [1.54, 1.807) is 30.3 Å². The fraction of sp³-hybridized carbons (Fsp3) is 0.375. The Balaban J connectivity index is 1.27. The summed E-state index contributed by atoms with van der Waals surface area (Å²) in [6, 6.07) is 4.97. The standard InChI is InChI=1S/C24H24F3N7O3/c1-33-17(13-36-2)22(35)34-9-3-4-16-20(34)21(33)32-23(31-16)30-11-14-5-8-19(29-10-14)37-15-6-7-18(28-12-15)24(25,26)27/h5-8,10,12,17H,3-4,9,11,13H2,1-2H3,(H,30,31,32)/t17-/m0/s1. The topological polar surface area (TPSA) is 106 Å². The zero-order valence-electron chi connectivity index (χ0n) is 20.1. The Bertz CT molecular complexity index is 1290. The number of nitrogens with one attached hydrogen (secondary N) is 1. The highest BCUT2D eigenvalue weighted by molar-refractivity contribution is 6.05. The molecule has 3 aromatic heterocycles. The highest BCUT2D eigenvalue weighted by atomic mass is 19.4. The molecule has 0 fully saturated rings. The minimum absolute atomic E-state index is 0.0115. The molecule has 0 unspecified atom stereocenters. The van der Waals surface area contributed by atoms with Crippen molar-refractivity contribution >= 4 is 23.4 Å². The third-order valence-electron chi connectivity index (χ3n) is 6.18. The van der Waals surface area contributed by atoms with Crippen LogP contribution >= 0.6 is 0 Å². The van der Waals surface area contributed by atoms with Crippen molar-refractivity contribution in [1.29, 1.82) is 0 Å². The van der Waals surface area contributed by atoms with Crippen LogP contribution in [0.1, 0.15) is 23.4 Å². The maximum Gasteiger partial charge on any atom is 0.433 e. The number of hydrogen-bond acceptors (Lipinski definition) is 9. The number of carbonyl (C=O) groups excluding carboxylic acids is 1. The van der Waals surface area contributed by atoms with Gasteiger partial charge in [-0.25, -0.2) is 15.0 Å². The van der Waals surface area contributed by atoms with Gasteiger partial charge in [0.25, 0.3) is 5.91 Å². The summed E-state index contributed by atoms with van der Waals surface area (Å²) in [7, 11) is 3.39. The molecule has 0 saturated carbocycles. The average Bonchev–Trinajstić information content (AvgIpc) is 2.89. The van der Waals surface area contributed by atoms with Gasteiger partial charge in [0.15, 0.2) is 5.82 Å². The van der Waals surface area contributed by atoms with Crippen molar-refractivity contribution in [3.05, 3.63) is 53.6 Å². The summed E-state index contributed by atoms with van der Waals surface area (Å²) < 4.78 is 48.7.